The highest BCUT2D eigenvalue weighted by Crippen LogP contribution is 2.24. The Kier molecular flexibility index (Phi) is 11.0. The summed E-state index contributed by atoms with van der Waals surface area (Å²) in [6, 6.07) is 23.1. The van der Waals surface area contributed by atoms with Gasteiger partial charge in [-0.05, 0) is 84.7 Å². The highest BCUT2D eigenvalue weighted by molar-refractivity contribution is 5.91. The van der Waals surface area contributed by atoms with Crippen LogP contribution in [-0.2, 0) is 16.0 Å². The van der Waals surface area contributed by atoms with Crippen LogP contribution in [0, 0.1) is 5.92 Å². The lowest BCUT2D eigenvalue weighted by molar-refractivity contribution is -0.137. The van der Waals surface area contributed by atoms with E-state index in [1.807, 2.05) is 24.3 Å². The normalized spacial score (nSPS) is 11.4. The lowest BCUT2D eigenvalue weighted by Crippen LogP contribution is -2.08. The second-order valence-corrected chi connectivity index (χ2v) is 9.13. The minimum Gasteiger partial charge on any atom is -0.494 e. The van der Waals surface area contributed by atoms with E-state index in [0.717, 1.165) is 42.9 Å². The van der Waals surface area contributed by atoms with Gasteiger partial charge in [0.15, 0.2) is 0 Å². The van der Waals surface area contributed by atoms with Crippen molar-refractivity contribution in [1.29, 1.82) is 0 Å². The van der Waals surface area contributed by atoms with Gasteiger partial charge in [-0.2, -0.15) is 0 Å². The molecule has 0 aliphatic heterocycles. The summed E-state index contributed by atoms with van der Waals surface area (Å²) in [6.07, 6.45) is 5.94. The van der Waals surface area contributed by atoms with E-state index in [0.29, 0.717) is 36.2 Å². The fourth-order valence-electron chi connectivity index (χ4n) is 3.75. The van der Waals surface area contributed by atoms with Crippen molar-refractivity contribution >= 4 is 11.9 Å². The van der Waals surface area contributed by atoms with Crippen LogP contribution in [-0.4, -0.2) is 25.2 Å². The molecule has 5 heteroatoms. The van der Waals surface area contributed by atoms with Crippen LogP contribution in [0.5, 0.6) is 11.5 Å². The molecule has 3 rings (SSSR count). The van der Waals surface area contributed by atoms with Crippen LogP contribution in [0.15, 0.2) is 85.5 Å². The molecule has 0 heterocycles. The summed E-state index contributed by atoms with van der Waals surface area (Å²) in [5.74, 6) is 1.06. The van der Waals surface area contributed by atoms with E-state index in [9.17, 15) is 9.59 Å². The summed E-state index contributed by atoms with van der Waals surface area (Å²) in [5.41, 5.74) is 4.02. The van der Waals surface area contributed by atoms with Gasteiger partial charge >= 0.3 is 11.9 Å². The fourth-order valence-corrected chi connectivity index (χ4v) is 3.75. The zero-order valence-electron chi connectivity index (χ0n) is 21.8. The summed E-state index contributed by atoms with van der Waals surface area (Å²) in [7, 11) is 0. The van der Waals surface area contributed by atoms with Crippen molar-refractivity contribution in [1.82, 2.24) is 0 Å². The molecule has 0 aliphatic carbocycles. The Labute approximate surface area is 220 Å². The second-order valence-electron chi connectivity index (χ2n) is 9.13. The van der Waals surface area contributed by atoms with Gasteiger partial charge in [-0.15, -0.1) is 0 Å². The number of benzene rings is 3. The first-order valence-electron chi connectivity index (χ1n) is 12.9. The summed E-state index contributed by atoms with van der Waals surface area (Å²) in [6.45, 7) is 8.79. The van der Waals surface area contributed by atoms with E-state index < -0.39 is 11.9 Å². The van der Waals surface area contributed by atoms with Crippen molar-refractivity contribution in [2.45, 2.75) is 46.0 Å². The molecular weight excluding hydrogens is 464 g/mol. The third kappa shape index (κ3) is 9.26. The first kappa shape index (κ1) is 27.7. The van der Waals surface area contributed by atoms with Crippen LogP contribution >= 0.6 is 0 Å². The Morgan fingerprint density at radius 3 is 2.03 bits per heavy atom. The zero-order chi connectivity index (χ0) is 26.5. The maximum Gasteiger partial charge on any atom is 0.343 e. The van der Waals surface area contributed by atoms with Crippen molar-refractivity contribution < 1.29 is 23.8 Å². The van der Waals surface area contributed by atoms with Crippen LogP contribution in [0.3, 0.4) is 0 Å². The Morgan fingerprint density at radius 2 is 1.41 bits per heavy atom. The van der Waals surface area contributed by atoms with Gasteiger partial charge in [0, 0.05) is 6.08 Å². The van der Waals surface area contributed by atoms with Crippen LogP contribution in [0.2, 0.25) is 0 Å². The quantitative estimate of drug-likeness (QED) is 0.0996. The molecule has 0 aromatic heterocycles. The molecule has 0 amide bonds. The Hall–Kier alpha value is -3.86. The highest BCUT2D eigenvalue weighted by atomic mass is 16.5. The smallest absolute Gasteiger partial charge is 0.343 e. The summed E-state index contributed by atoms with van der Waals surface area (Å²) < 4.78 is 16.2. The number of ether oxygens (including phenoxy) is 3. The number of esters is 2. The van der Waals surface area contributed by atoms with Gasteiger partial charge in [0.2, 0.25) is 0 Å². The van der Waals surface area contributed by atoms with Crippen LogP contribution in [0.25, 0.3) is 11.1 Å². The molecule has 0 saturated carbocycles. The third-order valence-electron chi connectivity index (χ3n) is 6.19. The van der Waals surface area contributed by atoms with Crippen LogP contribution in [0.4, 0.5) is 0 Å². The van der Waals surface area contributed by atoms with E-state index in [2.05, 4.69) is 44.7 Å². The van der Waals surface area contributed by atoms with E-state index in [-0.39, 0.29) is 0 Å². The van der Waals surface area contributed by atoms with E-state index in [1.54, 1.807) is 24.3 Å². The predicted molar refractivity (Wildman–Crippen MR) is 147 cm³/mol. The second kappa shape index (κ2) is 14.6. The average Bonchev–Trinajstić information content (AvgIpc) is 2.93. The van der Waals surface area contributed by atoms with Gasteiger partial charge in [-0.1, -0.05) is 63.2 Å². The lowest BCUT2D eigenvalue weighted by Gasteiger charge is -2.10. The maximum absolute atomic E-state index is 12.6. The molecule has 0 N–H and O–H groups in total. The largest absolute Gasteiger partial charge is 0.494 e. The lowest BCUT2D eigenvalue weighted by atomic mass is 9.97. The molecule has 194 valence electrons. The molecule has 0 fully saturated rings. The average molecular weight is 501 g/mol. The molecule has 0 bridgehead atoms. The van der Waals surface area contributed by atoms with Crippen molar-refractivity contribution in [3.8, 4) is 22.6 Å². The first-order chi connectivity index (χ1) is 18.0. The molecule has 3 aromatic carbocycles. The Morgan fingerprint density at radius 1 is 0.811 bits per heavy atom. The molecule has 1 atom stereocenters. The first-order valence-corrected chi connectivity index (χ1v) is 12.9. The molecule has 0 saturated heterocycles. The molecule has 1 unspecified atom stereocenters. The van der Waals surface area contributed by atoms with Crippen LogP contribution in [0.1, 0.15) is 55.5 Å². The minimum atomic E-state index is -0.414. The SMILES string of the molecule is C=CC(=O)OCCCCCOc1ccc(C(=O)Oc2ccc(-c3ccc(CC(C)CC)cc3)cc2)cc1. The summed E-state index contributed by atoms with van der Waals surface area (Å²) in [5, 5.41) is 0. The molecule has 0 aliphatic rings. The van der Waals surface area contributed by atoms with Crippen molar-refractivity contribution in [2.75, 3.05) is 13.2 Å². The fraction of sp³-hybridized carbons (Fsp3) is 0.312. The Balaban J connectivity index is 1.43. The number of carbonyl (C=O) groups excluding carboxylic acids is 2. The third-order valence-corrected chi connectivity index (χ3v) is 6.19. The molecule has 0 radical (unpaired) electrons. The minimum absolute atomic E-state index is 0.385. The van der Waals surface area contributed by atoms with Crippen molar-refractivity contribution in [3.05, 3.63) is 96.6 Å². The zero-order valence-corrected chi connectivity index (χ0v) is 21.8. The number of hydrogen-bond donors (Lipinski definition) is 0. The molecular formula is C32H36O5. The topological polar surface area (TPSA) is 61.8 Å². The number of hydrogen-bond acceptors (Lipinski definition) is 5. The molecule has 5 nitrogen and oxygen atoms in total. The maximum atomic E-state index is 12.6. The van der Waals surface area contributed by atoms with Gasteiger partial charge in [-0.3, -0.25) is 0 Å². The van der Waals surface area contributed by atoms with Crippen molar-refractivity contribution in [3.63, 3.8) is 0 Å². The van der Waals surface area contributed by atoms with Gasteiger partial charge in [-0.25, -0.2) is 9.59 Å². The number of unbranched alkanes of at least 4 members (excludes halogenated alkanes) is 2. The number of carbonyl (C=O) groups is 2. The van der Waals surface area contributed by atoms with Crippen molar-refractivity contribution in [2.24, 2.45) is 5.92 Å². The van der Waals surface area contributed by atoms with E-state index >= 15 is 0 Å². The molecule has 37 heavy (non-hydrogen) atoms. The standard InChI is InChI=1S/C32H36O5/c1-4-24(3)23-25-9-11-26(12-10-25)27-13-19-30(20-14-27)37-32(34)28-15-17-29(18-16-28)35-21-7-6-8-22-36-31(33)5-2/h5,9-20,24H,2,4,6-8,21-23H2,1,3H3. The molecule has 0 spiro atoms. The summed E-state index contributed by atoms with van der Waals surface area (Å²) in [4.78, 5) is 23.5. The number of rotatable bonds is 14. The molecule has 3 aromatic rings. The highest BCUT2D eigenvalue weighted by Gasteiger charge is 2.10. The van der Waals surface area contributed by atoms with E-state index in [4.69, 9.17) is 14.2 Å². The Bertz CT molecular complexity index is 1130. The van der Waals surface area contributed by atoms with Gasteiger partial charge in [0.25, 0.3) is 0 Å². The predicted octanol–water partition coefficient (Wildman–Crippen LogP) is 7.44. The van der Waals surface area contributed by atoms with E-state index in [1.165, 1.54) is 12.0 Å². The van der Waals surface area contributed by atoms with Crippen LogP contribution < -0.4 is 9.47 Å². The van der Waals surface area contributed by atoms with Gasteiger partial charge in [0.1, 0.15) is 11.5 Å². The van der Waals surface area contributed by atoms with Gasteiger partial charge < -0.3 is 14.2 Å². The van der Waals surface area contributed by atoms with Gasteiger partial charge in [0.05, 0.1) is 18.8 Å². The summed E-state index contributed by atoms with van der Waals surface area (Å²) >= 11 is 0. The monoisotopic (exact) mass is 500 g/mol.